The molecule has 10 nitrogen and oxygen atoms in total. The van der Waals surface area contributed by atoms with Gasteiger partial charge in [-0.25, -0.2) is 15.0 Å². The molecule has 2 aliphatic rings. The molecule has 0 bridgehead atoms. The number of morpholine rings is 1. The smallest absolute Gasteiger partial charge is 0.228 e. The third-order valence-corrected chi connectivity index (χ3v) is 6.25. The number of fused-ring (bicyclic) bond motifs is 1. The topological polar surface area (TPSA) is 108 Å². The van der Waals surface area contributed by atoms with Crippen molar-refractivity contribution >= 4 is 17.1 Å². The van der Waals surface area contributed by atoms with Gasteiger partial charge in [-0.3, -0.25) is 4.68 Å². The first-order valence-electron chi connectivity index (χ1n) is 11.4. The van der Waals surface area contributed by atoms with Gasteiger partial charge in [0.25, 0.3) is 0 Å². The van der Waals surface area contributed by atoms with Gasteiger partial charge < -0.3 is 14.2 Å². The third kappa shape index (κ3) is 3.74. The largest absolute Gasteiger partial charge is 0.367 e. The lowest BCUT2D eigenvalue weighted by atomic mass is 10.1. The number of aryl methyl sites for hydroxylation is 3. The van der Waals surface area contributed by atoms with Gasteiger partial charge in [-0.2, -0.15) is 10.1 Å². The van der Waals surface area contributed by atoms with Gasteiger partial charge in [-0.1, -0.05) is 5.16 Å². The Morgan fingerprint density at radius 3 is 2.58 bits per heavy atom. The van der Waals surface area contributed by atoms with E-state index in [0.717, 1.165) is 22.6 Å². The first-order chi connectivity index (χ1) is 15.9. The van der Waals surface area contributed by atoms with Crippen LogP contribution < -0.4 is 4.90 Å². The van der Waals surface area contributed by atoms with Gasteiger partial charge in [0, 0.05) is 24.4 Å². The molecule has 1 aliphatic carbocycles. The molecule has 4 aromatic rings. The van der Waals surface area contributed by atoms with E-state index in [1.165, 1.54) is 12.8 Å². The Hall–Kier alpha value is -3.40. The molecule has 2 fully saturated rings. The van der Waals surface area contributed by atoms with Crippen LogP contribution in [0, 0.1) is 20.8 Å². The summed E-state index contributed by atoms with van der Waals surface area (Å²) < 4.78 is 13.9. The van der Waals surface area contributed by atoms with E-state index in [1.807, 2.05) is 33.0 Å². The molecule has 6 rings (SSSR count). The maximum Gasteiger partial charge on any atom is 0.228 e. The summed E-state index contributed by atoms with van der Waals surface area (Å²) in [7, 11) is 0. The molecule has 0 unspecified atom stereocenters. The Morgan fingerprint density at radius 1 is 1.00 bits per heavy atom. The molecule has 170 valence electrons. The highest BCUT2D eigenvalue weighted by Crippen LogP contribution is 2.36. The average molecular weight is 447 g/mol. The first kappa shape index (κ1) is 20.2. The number of hydrogen-bond acceptors (Lipinski definition) is 9. The fourth-order valence-electron chi connectivity index (χ4n) is 4.25. The molecule has 1 saturated carbocycles. The molecular formula is C23H26N8O2. The number of aromatic nitrogens is 7. The van der Waals surface area contributed by atoms with Gasteiger partial charge in [-0.05, 0) is 40.5 Å². The molecule has 5 heterocycles. The van der Waals surface area contributed by atoms with Gasteiger partial charge in [0.15, 0.2) is 11.4 Å². The number of anilines is 1. The maximum absolute atomic E-state index is 6.27. The second kappa shape index (κ2) is 7.58. The molecule has 10 heteroatoms. The Kier molecular flexibility index (Phi) is 4.65. The lowest BCUT2D eigenvalue weighted by Crippen LogP contribution is -2.43. The second-order valence-electron chi connectivity index (χ2n) is 9.10. The lowest BCUT2D eigenvalue weighted by Gasteiger charge is -2.36. The van der Waals surface area contributed by atoms with Crippen LogP contribution in [-0.2, 0) is 4.74 Å². The Bertz CT molecular complexity index is 1340. The third-order valence-electron chi connectivity index (χ3n) is 6.25. The molecule has 0 radical (unpaired) electrons. The zero-order chi connectivity index (χ0) is 22.7. The predicted octanol–water partition coefficient (Wildman–Crippen LogP) is 3.50. The number of nitrogens with zero attached hydrogens (tertiary/aromatic N) is 8. The molecule has 2 atom stereocenters. The standard InChI is InChI=1S/C23H26N8O2/c1-12-7-18(33-29-12)20-21-22(26-15(4)14(3)25-21)28-23(27-20)30-9-13(2)32-19(11-30)16-8-24-31(10-16)17-5-6-17/h7-8,10,13,17,19H,5-6,9,11H2,1-4H3/t13-,19-/m1/s1. The monoisotopic (exact) mass is 446 g/mol. The first-order valence-corrected chi connectivity index (χ1v) is 11.4. The molecule has 4 aromatic heterocycles. The Balaban J connectivity index is 1.41. The van der Waals surface area contributed by atoms with Crippen molar-refractivity contribution in [2.75, 3.05) is 18.0 Å². The normalized spacial score (nSPS) is 21.2. The van der Waals surface area contributed by atoms with Crippen LogP contribution in [-0.4, -0.2) is 54.1 Å². The van der Waals surface area contributed by atoms with Crippen LogP contribution in [0.4, 0.5) is 5.95 Å². The van der Waals surface area contributed by atoms with Gasteiger partial charge in [-0.15, -0.1) is 0 Å². The Morgan fingerprint density at radius 2 is 1.82 bits per heavy atom. The molecule has 1 saturated heterocycles. The van der Waals surface area contributed by atoms with Crippen molar-refractivity contribution in [3.05, 3.63) is 41.1 Å². The van der Waals surface area contributed by atoms with Crippen molar-refractivity contribution in [1.29, 1.82) is 0 Å². The lowest BCUT2D eigenvalue weighted by molar-refractivity contribution is -0.0178. The highest BCUT2D eigenvalue weighted by atomic mass is 16.5. The summed E-state index contributed by atoms with van der Waals surface area (Å²) in [6.07, 6.45) is 6.32. The van der Waals surface area contributed by atoms with Gasteiger partial charge in [0.2, 0.25) is 5.95 Å². The number of hydrogen-bond donors (Lipinski definition) is 0. The summed E-state index contributed by atoms with van der Waals surface area (Å²) in [6, 6.07) is 2.40. The molecule has 33 heavy (non-hydrogen) atoms. The summed E-state index contributed by atoms with van der Waals surface area (Å²) in [5.74, 6) is 1.14. The van der Waals surface area contributed by atoms with E-state index in [-0.39, 0.29) is 12.2 Å². The van der Waals surface area contributed by atoms with Crippen molar-refractivity contribution in [3.8, 4) is 11.5 Å². The minimum atomic E-state index is -0.109. The van der Waals surface area contributed by atoms with E-state index in [9.17, 15) is 0 Å². The van der Waals surface area contributed by atoms with Crippen molar-refractivity contribution in [2.45, 2.75) is 58.8 Å². The van der Waals surface area contributed by atoms with Crippen molar-refractivity contribution in [2.24, 2.45) is 0 Å². The molecule has 1 aliphatic heterocycles. The summed E-state index contributed by atoms with van der Waals surface area (Å²) in [6.45, 7) is 9.12. The van der Waals surface area contributed by atoms with Gasteiger partial charge >= 0.3 is 0 Å². The number of rotatable bonds is 4. The van der Waals surface area contributed by atoms with E-state index in [0.29, 0.717) is 47.7 Å². The van der Waals surface area contributed by atoms with Gasteiger partial charge in [0.1, 0.15) is 17.3 Å². The maximum atomic E-state index is 6.27. The summed E-state index contributed by atoms with van der Waals surface area (Å²) in [4.78, 5) is 21.3. The van der Waals surface area contributed by atoms with Crippen LogP contribution in [0.25, 0.3) is 22.6 Å². The van der Waals surface area contributed by atoms with Crippen LogP contribution >= 0.6 is 0 Å². The van der Waals surface area contributed by atoms with Gasteiger partial charge in [0.05, 0.1) is 42.0 Å². The fraction of sp³-hybridized carbons (Fsp3) is 0.478. The van der Waals surface area contributed by atoms with Crippen LogP contribution in [0.2, 0.25) is 0 Å². The van der Waals surface area contributed by atoms with Crippen molar-refractivity contribution in [1.82, 2.24) is 34.9 Å². The summed E-state index contributed by atoms with van der Waals surface area (Å²) in [5.41, 5.74) is 5.30. The molecular weight excluding hydrogens is 420 g/mol. The van der Waals surface area contributed by atoms with E-state index in [4.69, 9.17) is 29.2 Å². The van der Waals surface area contributed by atoms with E-state index in [1.54, 1.807) is 0 Å². The minimum Gasteiger partial charge on any atom is -0.367 e. The molecule has 0 aromatic carbocycles. The van der Waals surface area contributed by atoms with Crippen LogP contribution in [0.15, 0.2) is 23.0 Å². The Labute approximate surface area is 191 Å². The van der Waals surface area contributed by atoms with Crippen molar-refractivity contribution < 1.29 is 9.26 Å². The van der Waals surface area contributed by atoms with Crippen molar-refractivity contribution in [3.63, 3.8) is 0 Å². The minimum absolute atomic E-state index is 0.00846. The highest BCUT2D eigenvalue weighted by Gasteiger charge is 2.32. The molecule has 0 spiro atoms. The quantitative estimate of drug-likeness (QED) is 0.465. The summed E-state index contributed by atoms with van der Waals surface area (Å²) in [5, 5.41) is 8.58. The zero-order valence-corrected chi connectivity index (χ0v) is 19.2. The molecule has 0 amide bonds. The number of ether oxygens (including phenoxy) is 1. The van der Waals surface area contributed by atoms with E-state index in [2.05, 4.69) is 33.0 Å². The second-order valence-corrected chi connectivity index (χ2v) is 9.10. The van der Waals surface area contributed by atoms with E-state index >= 15 is 0 Å². The summed E-state index contributed by atoms with van der Waals surface area (Å²) >= 11 is 0. The fourth-order valence-corrected chi connectivity index (χ4v) is 4.25. The molecule has 0 N–H and O–H groups in total. The van der Waals surface area contributed by atoms with Crippen LogP contribution in [0.5, 0.6) is 0 Å². The zero-order valence-electron chi connectivity index (χ0n) is 19.2. The highest BCUT2D eigenvalue weighted by molar-refractivity contribution is 5.86. The van der Waals surface area contributed by atoms with E-state index < -0.39 is 0 Å². The van der Waals surface area contributed by atoms with Crippen LogP contribution in [0.1, 0.15) is 54.6 Å². The SMILES string of the molecule is Cc1cc(-c2nc(N3C[C@@H](C)O[C@@H](c4cnn(C5CC5)c4)C3)nc3nc(C)c(C)nc23)on1. The predicted molar refractivity (Wildman–Crippen MR) is 121 cm³/mol. The van der Waals surface area contributed by atoms with Crippen LogP contribution in [0.3, 0.4) is 0 Å². The average Bonchev–Trinajstić information content (AvgIpc) is 3.35.